The quantitative estimate of drug-likeness (QED) is 0.612. The minimum absolute atomic E-state index is 0.249. The number of carbonyl (C=O) groups excluding carboxylic acids is 1. The van der Waals surface area contributed by atoms with E-state index in [1.807, 2.05) is 14.0 Å². The topological polar surface area (TPSA) is 92.9 Å². The summed E-state index contributed by atoms with van der Waals surface area (Å²) in [5.74, 6) is 1.39. The van der Waals surface area contributed by atoms with E-state index in [1.165, 1.54) is 6.33 Å². The molecule has 94 valence electrons. The zero-order chi connectivity index (χ0) is 12.7. The van der Waals surface area contributed by atoms with E-state index in [1.54, 1.807) is 0 Å². The second-order valence-electron chi connectivity index (χ2n) is 3.80. The average molecular weight is 237 g/mol. The molecule has 1 amide bonds. The van der Waals surface area contributed by atoms with Crippen LogP contribution in [0.3, 0.4) is 0 Å². The van der Waals surface area contributed by atoms with Crippen LogP contribution in [0.1, 0.15) is 24.8 Å². The van der Waals surface area contributed by atoms with Gasteiger partial charge in [-0.15, -0.1) is 0 Å². The third kappa shape index (κ3) is 4.26. The first-order valence-electron chi connectivity index (χ1n) is 5.66. The first-order chi connectivity index (χ1) is 8.15. The molecule has 1 rings (SSSR count). The fraction of sp³-hybridized carbons (Fsp3) is 0.545. The van der Waals surface area contributed by atoms with Crippen molar-refractivity contribution in [2.24, 2.45) is 5.73 Å². The van der Waals surface area contributed by atoms with Crippen LogP contribution in [0.15, 0.2) is 6.33 Å². The van der Waals surface area contributed by atoms with E-state index in [0.29, 0.717) is 6.42 Å². The number of unbranched alkanes of at least 4 members (excludes halogenated alkanes) is 1. The zero-order valence-corrected chi connectivity index (χ0v) is 10.3. The van der Waals surface area contributed by atoms with Gasteiger partial charge in [-0.2, -0.15) is 0 Å². The van der Waals surface area contributed by atoms with Gasteiger partial charge in [0.1, 0.15) is 18.0 Å². The summed E-state index contributed by atoms with van der Waals surface area (Å²) >= 11 is 0. The lowest BCUT2D eigenvalue weighted by atomic mass is 10.2. The van der Waals surface area contributed by atoms with Crippen LogP contribution in [0.2, 0.25) is 0 Å². The molecular formula is C11H19N5O. The first-order valence-corrected chi connectivity index (χ1v) is 5.66. The summed E-state index contributed by atoms with van der Waals surface area (Å²) in [6, 6.07) is 0. The van der Waals surface area contributed by atoms with Crippen LogP contribution < -0.4 is 16.4 Å². The lowest BCUT2D eigenvalue weighted by molar-refractivity contribution is -0.118. The third-order valence-corrected chi connectivity index (χ3v) is 2.46. The maximum absolute atomic E-state index is 10.5. The number of amides is 1. The standard InChI is InChI=1S/C11H19N5O/c1-8-10(13-2)15-7-16-11(8)14-6-4-3-5-9(12)17/h7H,3-6H2,1-2H3,(H2,12,17)(H2,13,14,15,16). The third-order valence-electron chi connectivity index (χ3n) is 2.46. The van der Waals surface area contributed by atoms with Crippen LogP contribution in [0.5, 0.6) is 0 Å². The average Bonchev–Trinajstić information content (AvgIpc) is 2.30. The number of carbonyl (C=O) groups is 1. The molecule has 1 aromatic heterocycles. The van der Waals surface area contributed by atoms with Crippen molar-refractivity contribution in [1.29, 1.82) is 0 Å². The Kier molecular flexibility index (Phi) is 5.19. The number of hydrogen-bond acceptors (Lipinski definition) is 5. The Balaban J connectivity index is 2.39. The number of nitrogens with one attached hydrogen (secondary N) is 2. The fourth-order valence-electron chi connectivity index (χ4n) is 1.51. The lowest BCUT2D eigenvalue weighted by Gasteiger charge is -2.10. The number of primary amides is 1. The van der Waals surface area contributed by atoms with Gasteiger partial charge >= 0.3 is 0 Å². The van der Waals surface area contributed by atoms with Gasteiger partial charge in [-0.1, -0.05) is 0 Å². The molecule has 0 atom stereocenters. The molecule has 0 saturated carbocycles. The van der Waals surface area contributed by atoms with Gasteiger partial charge in [0.05, 0.1) is 0 Å². The normalized spacial score (nSPS) is 10.0. The summed E-state index contributed by atoms with van der Waals surface area (Å²) in [5.41, 5.74) is 6.05. The van der Waals surface area contributed by atoms with Crippen LogP contribution >= 0.6 is 0 Å². The summed E-state index contributed by atoms with van der Waals surface area (Å²) in [4.78, 5) is 18.8. The Morgan fingerprint density at radius 2 is 2.06 bits per heavy atom. The van der Waals surface area contributed by atoms with Crippen LogP contribution in [0.4, 0.5) is 11.6 Å². The molecule has 0 aliphatic rings. The summed E-state index contributed by atoms with van der Waals surface area (Å²) in [5, 5.41) is 6.22. The fourth-order valence-corrected chi connectivity index (χ4v) is 1.51. The van der Waals surface area contributed by atoms with E-state index in [2.05, 4.69) is 20.6 Å². The number of anilines is 2. The Morgan fingerprint density at radius 1 is 1.35 bits per heavy atom. The predicted molar refractivity (Wildman–Crippen MR) is 67.9 cm³/mol. The molecule has 17 heavy (non-hydrogen) atoms. The molecular weight excluding hydrogens is 218 g/mol. The number of rotatable bonds is 7. The van der Waals surface area contributed by atoms with Crippen molar-refractivity contribution in [2.45, 2.75) is 26.2 Å². The van der Waals surface area contributed by atoms with Crippen molar-refractivity contribution in [2.75, 3.05) is 24.2 Å². The molecule has 0 radical (unpaired) electrons. The Hall–Kier alpha value is -1.85. The largest absolute Gasteiger partial charge is 0.373 e. The van der Waals surface area contributed by atoms with Crippen LogP contribution in [0, 0.1) is 6.92 Å². The molecule has 1 heterocycles. The maximum Gasteiger partial charge on any atom is 0.217 e. The molecule has 1 aromatic rings. The summed E-state index contributed by atoms with van der Waals surface area (Å²) < 4.78 is 0. The molecule has 0 aromatic carbocycles. The van der Waals surface area contributed by atoms with E-state index in [4.69, 9.17) is 5.73 Å². The smallest absolute Gasteiger partial charge is 0.217 e. The van der Waals surface area contributed by atoms with Gasteiger partial charge in [0.25, 0.3) is 0 Å². The SMILES string of the molecule is CNc1ncnc(NCCCCC(N)=O)c1C. The number of nitrogens with zero attached hydrogens (tertiary/aromatic N) is 2. The predicted octanol–water partition coefficient (Wildman–Crippen LogP) is 0.894. The monoisotopic (exact) mass is 237 g/mol. The first kappa shape index (κ1) is 13.2. The molecule has 0 saturated heterocycles. The highest BCUT2D eigenvalue weighted by Gasteiger charge is 2.04. The van der Waals surface area contributed by atoms with Crippen molar-refractivity contribution < 1.29 is 4.79 Å². The van der Waals surface area contributed by atoms with Gasteiger partial charge in [0.2, 0.25) is 5.91 Å². The lowest BCUT2D eigenvalue weighted by Crippen LogP contribution is -2.11. The molecule has 6 nitrogen and oxygen atoms in total. The minimum atomic E-state index is -0.249. The summed E-state index contributed by atoms with van der Waals surface area (Å²) in [6.07, 6.45) is 3.64. The second-order valence-corrected chi connectivity index (χ2v) is 3.80. The van der Waals surface area contributed by atoms with Crippen molar-refractivity contribution in [3.63, 3.8) is 0 Å². The Bertz CT molecular complexity index is 380. The highest BCUT2D eigenvalue weighted by Crippen LogP contribution is 2.17. The molecule has 0 spiro atoms. The molecule has 0 unspecified atom stereocenters. The molecule has 0 bridgehead atoms. The molecule has 0 aliphatic carbocycles. The van der Waals surface area contributed by atoms with Crippen molar-refractivity contribution in [3.8, 4) is 0 Å². The van der Waals surface area contributed by atoms with Crippen molar-refractivity contribution in [1.82, 2.24) is 9.97 Å². The van der Waals surface area contributed by atoms with E-state index in [-0.39, 0.29) is 5.91 Å². The number of nitrogens with two attached hydrogens (primary N) is 1. The van der Waals surface area contributed by atoms with Gasteiger partial charge < -0.3 is 16.4 Å². The van der Waals surface area contributed by atoms with Gasteiger partial charge in [-0.25, -0.2) is 9.97 Å². The summed E-state index contributed by atoms with van der Waals surface area (Å²) in [6.45, 7) is 2.73. The molecule has 0 fully saturated rings. The second kappa shape index (κ2) is 6.67. The van der Waals surface area contributed by atoms with Crippen molar-refractivity contribution >= 4 is 17.5 Å². The van der Waals surface area contributed by atoms with Gasteiger partial charge in [-0.05, 0) is 19.8 Å². The van der Waals surface area contributed by atoms with Gasteiger partial charge in [0, 0.05) is 25.6 Å². The maximum atomic E-state index is 10.5. The van der Waals surface area contributed by atoms with Gasteiger partial charge in [0.15, 0.2) is 0 Å². The number of aromatic nitrogens is 2. The Labute approximate surface area is 101 Å². The molecule has 6 heteroatoms. The zero-order valence-electron chi connectivity index (χ0n) is 10.3. The highest BCUT2D eigenvalue weighted by atomic mass is 16.1. The minimum Gasteiger partial charge on any atom is -0.373 e. The molecule has 4 N–H and O–H groups in total. The van der Waals surface area contributed by atoms with E-state index < -0.39 is 0 Å². The van der Waals surface area contributed by atoms with Crippen LogP contribution in [-0.4, -0.2) is 29.5 Å². The highest BCUT2D eigenvalue weighted by molar-refractivity contribution is 5.73. The van der Waals surface area contributed by atoms with Crippen LogP contribution in [-0.2, 0) is 4.79 Å². The van der Waals surface area contributed by atoms with E-state index >= 15 is 0 Å². The molecule has 0 aliphatic heterocycles. The Morgan fingerprint density at radius 3 is 2.71 bits per heavy atom. The van der Waals surface area contributed by atoms with Crippen LogP contribution in [0.25, 0.3) is 0 Å². The number of hydrogen-bond donors (Lipinski definition) is 3. The summed E-state index contributed by atoms with van der Waals surface area (Å²) in [7, 11) is 1.83. The van der Waals surface area contributed by atoms with Gasteiger partial charge in [-0.3, -0.25) is 4.79 Å². The van der Waals surface area contributed by atoms with E-state index in [0.717, 1.165) is 36.6 Å². The van der Waals surface area contributed by atoms with Crippen molar-refractivity contribution in [3.05, 3.63) is 11.9 Å². The van der Waals surface area contributed by atoms with E-state index in [9.17, 15) is 4.79 Å².